The van der Waals surface area contributed by atoms with Crippen LogP contribution in [0.15, 0.2) is 24.3 Å². The quantitative estimate of drug-likeness (QED) is 0.755. The largest absolute Gasteiger partial charge is 0.496 e. The van der Waals surface area contributed by atoms with Crippen molar-refractivity contribution >= 4 is 23.3 Å². The molecule has 1 aromatic carbocycles. The smallest absolute Gasteiger partial charge is 0.242 e. The van der Waals surface area contributed by atoms with E-state index in [0.29, 0.717) is 22.3 Å². The molecule has 2 atom stereocenters. The Kier molecular flexibility index (Phi) is 5.63. The van der Waals surface area contributed by atoms with Crippen LogP contribution >= 0.6 is 11.6 Å². The topological polar surface area (TPSA) is 93.0 Å². The Hall–Kier alpha value is -2.05. The maximum Gasteiger partial charge on any atom is 0.242 e. The summed E-state index contributed by atoms with van der Waals surface area (Å²) in [5, 5.41) is 10.3. The van der Waals surface area contributed by atoms with Crippen LogP contribution in [-0.4, -0.2) is 29.3 Å². The Morgan fingerprint density at radius 2 is 2.22 bits per heavy atom. The second-order valence-electron chi connectivity index (χ2n) is 5.41. The fourth-order valence-corrected chi connectivity index (χ4v) is 2.31. The number of nitrogens with zero attached hydrogens (tertiary/aromatic N) is 1. The fraction of sp³-hybridized carbons (Fsp3) is 0.375. The third-order valence-corrected chi connectivity index (χ3v) is 4.08. The van der Waals surface area contributed by atoms with Gasteiger partial charge in [0.05, 0.1) is 18.8 Å². The average Bonchev–Trinajstić information content (AvgIpc) is 3.01. The van der Waals surface area contributed by atoms with Crippen molar-refractivity contribution < 1.29 is 9.53 Å². The number of rotatable bonds is 6. The summed E-state index contributed by atoms with van der Waals surface area (Å²) in [4.78, 5) is 12.1. The van der Waals surface area contributed by atoms with E-state index in [0.717, 1.165) is 12.0 Å². The summed E-state index contributed by atoms with van der Waals surface area (Å²) in [6.45, 7) is 3.94. The molecule has 7 heteroatoms. The van der Waals surface area contributed by atoms with E-state index in [1.807, 2.05) is 13.8 Å². The van der Waals surface area contributed by atoms with Gasteiger partial charge >= 0.3 is 0 Å². The molecule has 1 heterocycles. The van der Waals surface area contributed by atoms with E-state index in [9.17, 15) is 4.79 Å². The molecule has 2 rings (SSSR count). The van der Waals surface area contributed by atoms with Crippen LogP contribution in [0.1, 0.15) is 20.3 Å². The van der Waals surface area contributed by atoms with E-state index in [4.69, 9.17) is 22.1 Å². The lowest BCUT2D eigenvalue weighted by atomic mass is 9.99. The number of methoxy groups -OCH3 is 1. The van der Waals surface area contributed by atoms with Crippen molar-refractivity contribution in [3.05, 3.63) is 29.3 Å². The third kappa shape index (κ3) is 4.03. The van der Waals surface area contributed by atoms with E-state index < -0.39 is 6.04 Å². The van der Waals surface area contributed by atoms with Crippen molar-refractivity contribution in [1.82, 2.24) is 10.2 Å². The maximum atomic E-state index is 12.1. The molecule has 124 valence electrons. The molecule has 2 aromatic rings. The molecule has 1 aromatic heterocycles. The molecule has 0 saturated carbocycles. The van der Waals surface area contributed by atoms with Gasteiger partial charge in [-0.2, -0.15) is 5.10 Å². The lowest BCUT2D eigenvalue weighted by Gasteiger charge is -2.16. The van der Waals surface area contributed by atoms with Crippen LogP contribution in [0.3, 0.4) is 0 Å². The molecule has 0 spiro atoms. The molecule has 0 bridgehead atoms. The summed E-state index contributed by atoms with van der Waals surface area (Å²) in [7, 11) is 1.58. The number of aromatic amines is 1. The molecular weight excluding hydrogens is 316 g/mol. The normalized spacial score (nSPS) is 13.4. The summed E-state index contributed by atoms with van der Waals surface area (Å²) >= 11 is 6.03. The van der Waals surface area contributed by atoms with Crippen molar-refractivity contribution in [2.45, 2.75) is 26.3 Å². The van der Waals surface area contributed by atoms with Crippen LogP contribution in [-0.2, 0) is 4.79 Å². The van der Waals surface area contributed by atoms with Gasteiger partial charge in [-0.15, -0.1) is 0 Å². The molecule has 0 saturated heterocycles. The number of ether oxygens (including phenoxy) is 1. The number of benzene rings is 1. The van der Waals surface area contributed by atoms with Crippen LogP contribution in [0.2, 0.25) is 5.02 Å². The summed E-state index contributed by atoms with van der Waals surface area (Å²) in [6, 6.07) is 6.43. The molecule has 0 aliphatic rings. The minimum atomic E-state index is -0.569. The standard InChI is InChI=1S/C16H21ClN4O2/c1-4-9(2)15(18)16(22)19-14-8-12(20-21-14)11-7-10(17)5-6-13(11)23-3/h5-9,15H,4,18H2,1-3H3,(H2,19,20,21,22). The van der Waals surface area contributed by atoms with Gasteiger partial charge in [0.25, 0.3) is 0 Å². The number of carbonyl (C=O) groups excluding carboxylic acids is 1. The Morgan fingerprint density at radius 3 is 2.87 bits per heavy atom. The number of nitrogens with two attached hydrogens (primary N) is 1. The van der Waals surface area contributed by atoms with Crippen molar-refractivity contribution in [2.24, 2.45) is 11.7 Å². The van der Waals surface area contributed by atoms with E-state index >= 15 is 0 Å². The van der Waals surface area contributed by atoms with Crippen LogP contribution in [0.4, 0.5) is 5.82 Å². The highest BCUT2D eigenvalue weighted by molar-refractivity contribution is 6.31. The van der Waals surface area contributed by atoms with Gasteiger partial charge in [0, 0.05) is 16.7 Å². The predicted octanol–water partition coefficient (Wildman–Crippen LogP) is 3.05. The summed E-state index contributed by atoms with van der Waals surface area (Å²) in [5.74, 6) is 0.912. The third-order valence-electron chi connectivity index (χ3n) is 3.84. The van der Waals surface area contributed by atoms with Gasteiger partial charge in [-0.3, -0.25) is 9.89 Å². The number of H-pyrrole nitrogens is 1. The first-order chi connectivity index (χ1) is 11.0. The summed E-state index contributed by atoms with van der Waals surface area (Å²) < 4.78 is 5.32. The molecular formula is C16H21ClN4O2. The number of anilines is 1. The number of nitrogens with one attached hydrogen (secondary N) is 2. The van der Waals surface area contributed by atoms with E-state index in [1.54, 1.807) is 31.4 Å². The second kappa shape index (κ2) is 7.48. The number of aromatic nitrogens is 2. The van der Waals surface area contributed by atoms with Crippen LogP contribution in [0, 0.1) is 5.92 Å². The average molecular weight is 337 g/mol. The SMILES string of the molecule is CCC(C)C(N)C(=O)Nc1cc(-c2cc(Cl)ccc2OC)[nH]n1. The molecule has 2 unspecified atom stereocenters. The van der Waals surface area contributed by atoms with Gasteiger partial charge in [0.2, 0.25) is 5.91 Å². The first-order valence-corrected chi connectivity index (χ1v) is 7.79. The first-order valence-electron chi connectivity index (χ1n) is 7.42. The minimum absolute atomic E-state index is 0.0986. The van der Waals surface area contributed by atoms with E-state index in [-0.39, 0.29) is 11.8 Å². The minimum Gasteiger partial charge on any atom is -0.496 e. The van der Waals surface area contributed by atoms with Gasteiger partial charge in [0.1, 0.15) is 5.75 Å². The lowest BCUT2D eigenvalue weighted by Crippen LogP contribution is -2.40. The Balaban J connectivity index is 2.18. The van der Waals surface area contributed by atoms with Crippen molar-refractivity contribution in [1.29, 1.82) is 0 Å². The predicted molar refractivity (Wildman–Crippen MR) is 91.6 cm³/mol. The molecule has 0 aliphatic heterocycles. The van der Waals surface area contributed by atoms with E-state index in [2.05, 4.69) is 15.5 Å². The maximum absolute atomic E-state index is 12.1. The molecule has 1 amide bonds. The summed E-state index contributed by atoms with van der Waals surface area (Å²) in [6.07, 6.45) is 0.833. The monoisotopic (exact) mass is 336 g/mol. The molecule has 23 heavy (non-hydrogen) atoms. The zero-order valence-electron chi connectivity index (χ0n) is 13.4. The van der Waals surface area contributed by atoms with Gasteiger partial charge in [-0.05, 0) is 24.1 Å². The van der Waals surface area contributed by atoms with Gasteiger partial charge in [0.15, 0.2) is 5.82 Å². The van der Waals surface area contributed by atoms with Gasteiger partial charge < -0.3 is 15.8 Å². The number of hydrogen-bond donors (Lipinski definition) is 3. The number of amides is 1. The Morgan fingerprint density at radius 1 is 1.48 bits per heavy atom. The van der Waals surface area contributed by atoms with Crippen LogP contribution in [0.25, 0.3) is 11.3 Å². The highest BCUT2D eigenvalue weighted by Crippen LogP contribution is 2.32. The molecule has 4 N–H and O–H groups in total. The Labute approximate surface area is 140 Å². The lowest BCUT2D eigenvalue weighted by molar-refractivity contribution is -0.118. The number of carbonyl (C=O) groups is 1. The fourth-order valence-electron chi connectivity index (χ4n) is 2.14. The number of hydrogen-bond acceptors (Lipinski definition) is 4. The van der Waals surface area contributed by atoms with Gasteiger partial charge in [-0.25, -0.2) is 0 Å². The zero-order chi connectivity index (χ0) is 17.0. The highest BCUT2D eigenvalue weighted by Gasteiger charge is 2.20. The zero-order valence-corrected chi connectivity index (χ0v) is 14.1. The number of halogens is 1. The van der Waals surface area contributed by atoms with E-state index in [1.165, 1.54) is 0 Å². The molecule has 0 aliphatic carbocycles. The summed E-state index contributed by atoms with van der Waals surface area (Å²) in [5.41, 5.74) is 7.37. The van der Waals surface area contributed by atoms with Crippen molar-refractivity contribution in [3.8, 4) is 17.0 Å². The van der Waals surface area contributed by atoms with Gasteiger partial charge in [-0.1, -0.05) is 31.9 Å². The van der Waals surface area contributed by atoms with Crippen LogP contribution < -0.4 is 15.8 Å². The van der Waals surface area contributed by atoms with Crippen molar-refractivity contribution in [2.75, 3.05) is 12.4 Å². The van der Waals surface area contributed by atoms with Crippen molar-refractivity contribution in [3.63, 3.8) is 0 Å². The van der Waals surface area contributed by atoms with Crippen LogP contribution in [0.5, 0.6) is 5.75 Å². The molecule has 0 radical (unpaired) electrons. The highest BCUT2D eigenvalue weighted by atomic mass is 35.5. The first kappa shape index (κ1) is 17.3. The molecule has 0 fully saturated rings. The molecule has 6 nitrogen and oxygen atoms in total. The second-order valence-corrected chi connectivity index (χ2v) is 5.85. The Bertz CT molecular complexity index is 686.